The molecular weight excluding hydrogens is 389 g/mol. The van der Waals surface area contributed by atoms with Gasteiger partial charge in [-0.2, -0.15) is 13.2 Å². The molecule has 1 N–H and O–H groups in total. The van der Waals surface area contributed by atoms with E-state index in [0.29, 0.717) is 4.90 Å². The Balaban J connectivity index is 1.94. The fraction of sp³-hybridized carbons (Fsp3) is 0.300. The van der Waals surface area contributed by atoms with Crippen molar-refractivity contribution in [3.8, 4) is 0 Å². The number of anilines is 2. The number of fused-ring (bicyclic) bond motifs is 1. The van der Waals surface area contributed by atoms with E-state index in [1.807, 2.05) is 32.0 Å². The highest BCUT2D eigenvalue weighted by Gasteiger charge is 2.48. The zero-order valence-corrected chi connectivity index (χ0v) is 16.2. The molecule has 3 rings (SSSR count). The van der Waals surface area contributed by atoms with Crippen LogP contribution in [0.2, 0.25) is 0 Å². The van der Waals surface area contributed by atoms with E-state index in [9.17, 15) is 22.8 Å². The SMILES string of the molecule is Cc1ccc(C)c(SCC(=O)N2c3ccccc3NC(=O)CC2C(F)(F)F)c1. The largest absolute Gasteiger partial charge is 0.409 e. The summed E-state index contributed by atoms with van der Waals surface area (Å²) in [7, 11) is 0. The summed E-state index contributed by atoms with van der Waals surface area (Å²) in [6.07, 6.45) is -5.56. The van der Waals surface area contributed by atoms with E-state index in [0.717, 1.165) is 16.0 Å². The van der Waals surface area contributed by atoms with Gasteiger partial charge in [-0.25, -0.2) is 0 Å². The van der Waals surface area contributed by atoms with Gasteiger partial charge in [0.1, 0.15) is 6.04 Å². The van der Waals surface area contributed by atoms with Gasteiger partial charge in [-0.05, 0) is 37.6 Å². The number of hydrogen-bond donors (Lipinski definition) is 1. The monoisotopic (exact) mass is 408 g/mol. The summed E-state index contributed by atoms with van der Waals surface area (Å²) < 4.78 is 41.1. The third-order valence-electron chi connectivity index (χ3n) is 4.47. The van der Waals surface area contributed by atoms with E-state index in [1.54, 1.807) is 12.1 Å². The number of thioether (sulfide) groups is 1. The lowest BCUT2D eigenvalue weighted by molar-refractivity contribution is -0.157. The molecule has 28 heavy (non-hydrogen) atoms. The number of nitrogens with zero attached hydrogens (tertiary/aromatic N) is 1. The maximum absolute atomic E-state index is 13.7. The van der Waals surface area contributed by atoms with Crippen LogP contribution in [0.25, 0.3) is 0 Å². The Morgan fingerprint density at radius 2 is 1.93 bits per heavy atom. The molecule has 0 bridgehead atoms. The molecule has 1 atom stereocenters. The van der Waals surface area contributed by atoms with Gasteiger partial charge in [0, 0.05) is 4.90 Å². The number of carbonyl (C=O) groups excluding carboxylic acids is 2. The van der Waals surface area contributed by atoms with Crippen LogP contribution >= 0.6 is 11.8 Å². The Bertz CT molecular complexity index is 915. The number of nitrogens with one attached hydrogen (secondary N) is 1. The van der Waals surface area contributed by atoms with Gasteiger partial charge in [0.15, 0.2) is 0 Å². The Kier molecular flexibility index (Phi) is 5.69. The van der Waals surface area contributed by atoms with Crippen molar-refractivity contribution in [1.29, 1.82) is 0 Å². The summed E-state index contributed by atoms with van der Waals surface area (Å²) in [4.78, 5) is 26.4. The zero-order valence-electron chi connectivity index (χ0n) is 15.3. The molecule has 0 fully saturated rings. The smallest absolute Gasteiger partial charge is 0.324 e. The second-order valence-corrected chi connectivity index (χ2v) is 7.67. The van der Waals surface area contributed by atoms with Crippen LogP contribution in [-0.2, 0) is 9.59 Å². The molecule has 8 heteroatoms. The Morgan fingerprint density at radius 3 is 2.64 bits per heavy atom. The van der Waals surface area contributed by atoms with E-state index >= 15 is 0 Å². The van der Waals surface area contributed by atoms with Crippen LogP contribution in [0, 0.1) is 13.8 Å². The van der Waals surface area contributed by atoms with Gasteiger partial charge in [0.05, 0.1) is 23.5 Å². The number of alkyl halides is 3. The van der Waals surface area contributed by atoms with E-state index in [2.05, 4.69) is 5.32 Å². The number of aryl methyl sites for hydroxylation is 2. The van der Waals surface area contributed by atoms with Crippen molar-refractivity contribution < 1.29 is 22.8 Å². The first-order valence-corrected chi connectivity index (χ1v) is 9.63. The quantitative estimate of drug-likeness (QED) is 0.749. The Hall–Kier alpha value is -2.48. The lowest BCUT2D eigenvalue weighted by Gasteiger charge is -2.31. The fourth-order valence-electron chi connectivity index (χ4n) is 3.07. The molecular formula is C20H19F3N2O2S. The normalized spacial score (nSPS) is 17.0. The van der Waals surface area contributed by atoms with Crippen molar-refractivity contribution in [2.24, 2.45) is 0 Å². The first kappa shape index (κ1) is 20.3. The third-order valence-corrected chi connectivity index (χ3v) is 5.61. The van der Waals surface area contributed by atoms with Crippen LogP contribution in [0.4, 0.5) is 24.5 Å². The molecule has 2 aromatic carbocycles. The number of carbonyl (C=O) groups is 2. The highest BCUT2D eigenvalue weighted by molar-refractivity contribution is 8.00. The maximum Gasteiger partial charge on any atom is 0.409 e. The first-order valence-electron chi connectivity index (χ1n) is 8.64. The summed E-state index contributed by atoms with van der Waals surface area (Å²) in [6.45, 7) is 3.79. The molecule has 1 heterocycles. The van der Waals surface area contributed by atoms with Gasteiger partial charge in [-0.3, -0.25) is 14.5 Å². The standard InChI is InChI=1S/C20H19F3N2O2S/c1-12-7-8-13(2)16(9-12)28-11-19(27)25-15-6-4-3-5-14(15)24-18(26)10-17(25)20(21,22)23/h3-9,17H,10-11H2,1-2H3,(H,24,26). The van der Waals surface area contributed by atoms with Gasteiger partial charge < -0.3 is 5.32 Å². The highest BCUT2D eigenvalue weighted by Crippen LogP contribution is 2.38. The molecule has 148 valence electrons. The summed E-state index contributed by atoms with van der Waals surface area (Å²) >= 11 is 1.19. The fourth-order valence-corrected chi connectivity index (χ4v) is 4.05. The zero-order chi connectivity index (χ0) is 20.5. The average molecular weight is 408 g/mol. The molecule has 1 aliphatic rings. The number of benzene rings is 2. The van der Waals surface area contributed by atoms with Crippen LogP contribution in [0.1, 0.15) is 17.5 Å². The second-order valence-electron chi connectivity index (χ2n) is 6.65. The summed E-state index contributed by atoms with van der Waals surface area (Å²) in [5.74, 6) is -1.64. The number of halogens is 3. The van der Waals surface area contributed by atoms with Crippen molar-refractivity contribution in [2.45, 2.75) is 37.4 Å². The molecule has 1 unspecified atom stereocenters. The van der Waals surface area contributed by atoms with Gasteiger partial charge in [0.2, 0.25) is 11.8 Å². The minimum atomic E-state index is -4.73. The van der Waals surface area contributed by atoms with Crippen LogP contribution < -0.4 is 10.2 Å². The number of para-hydroxylation sites is 2. The van der Waals surface area contributed by atoms with E-state index < -0.39 is 30.5 Å². The van der Waals surface area contributed by atoms with Crippen LogP contribution in [0.15, 0.2) is 47.4 Å². The van der Waals surface area contributed by atoms with E-state index in [4.69, 9.17) is 0 Å². The topological polar surface area (TPSA) is 49.4 Å². The number of hydrogen-bond acceptors (Lipinski definition) is 3. The number of amides is 2. The predicted molar refractivity (Wildman–Crippen MR) is 104 cm³/mol. The molecule has 1 aliphatic heterocycles. The molecule has 2 amide bonds. The number of rotatable bonds is 3. The third kappa shape index (κ3) is 4.32. The lowest BCUT2D eigenvalue weighted by atomic mass is 10.1. The molecule has 4 nitrogen and oxygen atoms in total. The first-order chi connectivity index (χ1) is 13.2. The summed E-state index contributed by atoms with van der Waals surface area (Å²) in [5.41, 5.74) is 2.21. The molecule has 0 radical (unpaired) electrons. The van der Waals surface area contributed by atoms with Gasteiger partial charge >= 0.3 is 6.18 Å². The highest BCUT2D eigenvalue weighted by atomic mass is 32.2. The average Bonchev–Trinajstić information content (AvgIpc) is 2.77. The molecule has 0 saturated heterocycles. The molecule has 2 aromatic rings. The summed E-state index contributed by atoms with van der Waals surface area (Å²) in [6, 6.07) is 9.58. The van der Waals surface area contributed by atoms with Gasteiger partial charge in [-0.1, -0.05) is 29.8 Å². The van der Waals surface area contributed by atoms with Crippen molar-refractivity contribution in [3.63, 3.8) is 0 Å². The maximum atomic E-state index is 13.7. The van der Waals surface area contributed by atoms with E-state index in [1.165, 1.54) is 23.9 Å². The van der Waals surface area contributed by atoms with Crippen LogP contribution in [-0.4, -0.2) is 29.8 Å². The van der Waals surface area contributed by atoms with Gasteiger partial charge in [0.25, 0.3) is 0 Å². The van der Waals surface area contributed by atoms with Crippen molar-refractivity contribution in [3.05, 3.63) is 53.6 Å². The van der Waals surface area contributed by atoms with Crippen molar-refractivity contribution >= 4 is 35.0 Å². The molecule has 0 spiro atoms. The minimum Gasteiger partial charge on any atom is -0.324 e. The molecule has 0 saturated carbocycles. The molecule has 0 aliphatic carbocycles. The van der Waals surface area contributed by atoms with Crippen LogP contribution in [0.3, 0.4) is 0 Å². The van der Waals surface area contributed by atoms with E-state index in [-0.39, 0.29) is 17.1 Å². The Morgan fingerprint density at radius 1 is 1.21 bits per heavy atom. The summed E-state index contributed by atoms with van der Waals surface area (Å²) in [5, 5.41) is 2.46. The van der Waals surface area contributed by atoms with Crippen LogP contribution in [0.5, 0.6) is 0 Å². The van der Waals surface area contributed by atoms with Crippen molar-refractivity contribution in [1.82, 2.24) is 0 Å². The molecule has 0 aromatic heterocycles. The second kappa shape index (κ2) is 7.87. The lowest BCUT2D eigenvalue weighted by Crippen LogP contribution is -2.50. The Labute approximate surface area is 165 Å². The van der Waals surface area contributed by atoms with Gasteiger partial charge in [-0.15, -0.1) is 11.8 Å². The predicted octanol–water partition coefficient (Wildman–Crippen LogP) is 4.70. The van der Waals surface area contributed by atoms with Crippen molar-refractivity contribution in [2.75, 3.05) is 16.0 Å². The minimum absolute atomic E-state index is 0.0576.